The predicted octanol–water partition coefficient (Wildman–Crippen LogP) is 1.36. The Morgan fingerprint density at radius 3 is 2.94 bits per heavy atom. The molecule has 0 spiro atoms. The molecule has 0 bridgehead atoms. The van der Waals surface area contributed by atoms with E-state index < -0.39 is 4.92 Å². The highest BCUT2D eigenvalue weighted by Crippen LogP contribution is 2.28. The molecule has 0 radical (unpaired) electrons. The fourth-order valence-electron chi connectivity index (χ4n) is 2.19. The number of rotatable bonds is 1. The second-order valence-electron chi connectivity index (χ2n) is 3.97. The summed E-state index contributed by atoms with van der Waals surface area (Å²) in [4.78, 5) is 25.1. The van der Waals surface area contributed by atoms with Crippen molar-refractivity contribution >= 4 is 22.5 Å². The zero-order chi connectivity index (χ0) is 12.0. The van der Waals surface area contributed by atoms with Crippen molar-refractivity contribution < 1.29 is 9.72 Å². The molecule has 1 aliphatic heterocycles. The number of aromatic amines is 1. The van der Waals surface area contributed by atoms with E-state index in [0.717, 1.165) is 17.6 Å². The van der Waals surface area contributed by atoms with Crippen LogP contribution >= 0.6 is 0 Å². The fraction of sp³-hybridized carbons (Fsp3) is 0.182. The standard InChI is InChI=1S/C11H9N3O3/c15-11-10-7-5-6(14(16)17)1-2-8(7)13-9(10)3-4-12-11/h1-2,5,13H,3-4H2,(H,12,15). The summed E-state index contributed by atoms with van der Waals surface area (Å²) in [5, 5.41) is 14.1. The van der Waals surface area contributed by atoms with Crippen LogP contribution in [0.2, 0.25) is 0 Å². The molecule has 0 saturated carbocycles. The van der Waals surface area contributed by atoms with Gasteiger partial charge in [-0.3, -0.25) is 14.9 Å². The van der Waals surface area contributed by atoms with Gasteiger partial charge in [-0.25, -0.2) is 0 Å². The lowest BCUT2D eigenvalue weighted by Crippen LogP contribution is -2.31. The molecule has 2 heterocycles. The van der Waals surface area contributed by atoms with Gasteiger partial charge < -0.3 is 10.3 Å². The van der Waals surface area contributed by atoms with Gasteiger partial charge in [-0.1, -0.05) is 0 Å². The van der Waals surface area contributed by atoms with Crippen LogP contribution in [0.3, 0.4) is 0 Å². The molecular formula is C11H9N3O3. The number of hydrogen-bond acceptors (Lipinski definition) is 3. The maximum Gasteiger partial charge on any atom is 0.270 e. The first-order chi connectivity index (χ1) is 8.16. The summed E-state index contributed by atoms with van der Waals surface area (Å²) in [6.45, 7) is 0.598. The van der Waals surface area contributed by atoms with Gasteiger partial charge in [0.25, 0.3) is 11.6 Å². The van der Waals surface area contributed by atoms with Crippen LogP contribution in [-0.4, -0.2) is 22.4 Å². The molecular weight excluding hydrogens is 222 g/mol. The van der Waals surface area contributed by atoms with E-state index in [9.17, 15) is 14.9 Å². The molecule has 0 aliphatic carbocycles. The Balaban J connectivity index is 2.31. The van der Waals surface area contributed by atoms with Crippen molar-refractivity contribution in [1.82, 2.24) is 10.3 Å². The van der Waals surface area contributed by atoms with Crippen LogP contribution < -0.4 is 5.32 Å². The fourth-order valence-corrected chi connectivity index (χ4v) is 2.19. The Bertz CT molecular complexity index is 645. The Labute approximate surface area is 95.8 Å². The summed E-state index contributed by atoms with van der Waals surface area (Å²) in [6.07, 6.45) is 0.726. The molecule has 86 valence electrons. The molecule has 0 atom stereocenters. The Hall–Kier alpha value is -2.37. The molecule has 1 aromatic carbocycles. The summed E-state index contributed by atoms with van der Waals surface area (Å²) in [6, 6.07) is 4.51. The van der Waals surface area contributed by atoms with E-state index in [1.54, 1.807) is 6.07 Å². The van der Waals surface area contributed by atoms with E-state index >= 15 is 0 Å². The summed E-state index contributed by atoms with van der Waals surface area (Å²) in [5.74, 6) is -0.169. The molecule has 0 unspecified atom stereocenters. The molecule has 1 amide bonds. The van der Waals surface area contributed by atoms with Crippen molar-refractivity contribution in [3.05, 3.63) is 39.6 Å². The average Bonchev–Trinajstić information content (AvgIpc) is 2.67. The number of benzene rings is 1. The Morgan fingerprint density at radius 2 is 2.18 bits per heavy atom. The molecule has 6 nitrogen and oxygen atoms in total. The van der Waals surface area contributed by atoms with Gasteiger partial charge >= 0.3 is 0 Å². The van der Waals surface area contributed by atoms with Crippen molar-refractivity contribution in [2.24, 2.45) is 0 Å². The quantitative estimate of drug-likeness (QED) is 0.573. The van der Waals surface area contributed by atoms with Crippen molar-refractivity contribution in [2.45, 2.75) is 6.42 Å². The van der Waals surface area contributed by atoms with Crippen LogP contribution in [0.1, 0.15) is 16.1 Å². The van der Waals surface area contributed by atoms with Gasteiger partial charge in [0.05, 0.1) is 10.5 Å². The number of hydrogen-bond donors (Lipinski definition) is 2. The summed E-state index contributed by atoms with van der Waals surface area (Å²) in [5.41, 5.74) is 2.15. The van der Waals surface area contributed by atoms with Gasteiger partial charge in [0, 0.05) is 41.7 Å². The number of amides is 1. The third-order valence-corrected chi connectivity index (χ3v) is 2.96. The molecule has 0 fully saturated rings. The Morgan fingerprint density at radius 1 is 1.35 bits per heavy atom. The smallest absolute Gasteiger partial charge is 0.270 e. The highest BCUT2D eigenvalue weighted by Gasteiger charge is 2.23. The number of carbonyl (C=O) groups is 1. The van der Waals surface area contributed by atoms with Gasteiger partial charge in [0.15, 0.2) is 0 Å². The Kier molecular flexibility index (Phi) is 1.91. The largest absolute Gasteiger partial charge is 0.358 e. The maximum atomic E-state index is 11.7. The van der Waals surface area contributed by atoms with Crippen LogP contribution in [0.25, 0.3) is 10.9 Å². The van der Waals surface area contributed by atoms with E-state index in [0.29, 0.717) is 17.5 Å². The zero-order valence-corrected chi connectivity index (χ0v) is 8.82. The van der Waals surface area contributed by atoms with Gasteiger partial charge in [-0.15, -0.1) is 0 Å². The third kappa shape index (κ3) is 1.37. The van der Waals surface area contributed by atoms with Crippen molar-refractivity contribution in [2.75, 3.05) is 6.54 Å². The van der Waals surface area contributed by atoms with Crippen LogP contribution in [0, 0.1) is 10.1 Å². The predicted molar refractivity (Wildman–Crippen MR) is 61.0 cm³/mol. The molecule has 2 aromatic rings. The topological polar surface area (TPSA) is 88.0 Å². The van der Waals surface area contributed by atoms with Crippen LogP contribution in [0.5, 0.6) is 0 Å². The number of nitrogens with zero attached hydrogens (tertiary/aromatic N) is 1. The second-order valence-corrected chi connectivity index (χ2v) is 3.97. The number of nitro benzene ring substituents is 1. The van der Waals surface area contributed by atoms with E-state index in [-0.39, 0.29) is 11.6 Å². The molecule has 6 heteroatoms. The monoisotopic (exact) mass is 231 g/mol. The number of nitro groups is 1. The average molecular weight is 231 g/mol. The second kappa shape index (κ2) is 3.31. The number of carbonyl (C=O) groups excluding carboxylic acids is 1. The van der Waals surface area contributed by atoms with Crippen molar-refractivity contribution in [3.63, 3.8) is 0 Å². The number of non-ortho nitro benzene ring substituents is 1. The number of H-pyrrole nitrogens is 1. The van der Waals surface area contributed by atoms with E-state index in [2.05, 4.69) is 10.3 Å². The third-order valence-electron chi connectivity index (χ3n) is 2.96. The minimum atomic E-state index is -0.459. The van der Waals surface area contributed by atoms with Crippen molar-refractivity contribution in [3.8, 4) is 0 Å². The molecule has 3 rings (SSSR count). The lowest BCUT2D eigenvalue weighted by molar-refractivity contribution is -0.384. The lowest BCUT2D eigenvalue weighted by atomic mass is 10.1. The minimum absolute atomic E-state index is 0.00215. The first-order valence-corrected chi connectivity index (χ1v) is 5.24. The molecule has 2 N–H and O–H groups in total. The SMILES string of the molecule is O=C1NCCc2[nH]c3ccc([N+](=O)[O-])cc3c21. The van der Waals surface area contributed by atoms with Gasteiger partial charge in [0.2, 0.25) is 0 Å². The van der Waals surface area contributed by atoms with Gasteiger partial charge in [-0.2, -0.15) is 0 Å². The normalized spacial score (nSPS) is 14.5. The highest BCUT2D eigenvalue weighted by molar-refractivity contribution is 6.09. The zero-order valence-electron chi connectivity index (χ0n) is 8.82. The van der Waals surface area contributed by atoms with Gasteiger partial charge in [-0.05, 0) is 6.07 Å². The molecule has 1 aromatic heterocycles. The molecule has 17 heavy (non-hydrogen) atoms. The van der Waals surface area contributed by atoms with E-state index in [4.69, 9.17) is 0 Å². The lowest BCUT2D eigenvalue weighted by Gasteiger charge is -2.11. The van der Waals surface area contributed by atoms with E-state index in [1.165, 1.54) is 12.1 Å². The van der Waals surface area contributed by atoms with Crippen LogP contribution in [0.15, 0.2) is 18.2 Å². The molecule has 1 aliphatic rings. The first-order valence-electron chi connectivity index (χ1n) is 5.24. The first kappa shape index (κ1) is 9.83. The maximum absolute atomic E-state index is 11.7. The summed E-state index contributed by atoms with van der Waals surface area (Å²) >= 11 is 0. The van der Waals surface area contributed by atoms with E-state index in [1.807, 2.05) is 0 Å². The van der Waals surface area contributed by atoms with Crippen molar-refractivity contribution in [1.29, 1.82) is 0 Å². The summed E-state index contributed by atoms with van der Waals surface area (Å²) in [7, 11) is 0. The van der Waals surface area contributed by atoms with Crippen LogP contribution in [-0.2, 0) is 6.42 Å². The minimum Gasteiger partial charge on any atom is -0.358 e. The highest BCUT2D eigenvalue weighted by atomic mass is 16.6. The number of nitrogens with one attached hydrogen (secondary N) is 2. The van der Waals surface area contributed by atoms with Crippen LogP contribution in [0.4, 0.5) is 5.69 Å². The number of aromatic nitrogens is 1. The summed E-state index contributed by atoms with van der Waals surface area (Å²) < 4.78 is 0. The van der Waals surface area contributed by atoms with Gasteiger partial charge in [0.1, 0.15) is 0 Å². The molecule has 0 saturated heterocycles. The number of fused-ring (bicyclic) bond motifs is 3.